The zero-order valence-corrected chi connectivity index (χ0v) is 8.66. The van der Waals surface area contributed by atoms with Crippen molar-refractivity contribution < 1.29 is 0 Å². The van der Waals surface area contributed by atoms with Crippen molar-refractivity contribution in [1.29, 1.82) is 0 Å². The van der Waals surface area contributed by atoms with Crippen molar-refractivity contribution >= 4 is 16.5 Å². The molecule has 2 heteroatoms. The molecule has 1 rings (SSSR count). The molecule has 2 unspecified atom stereocenters. The Hall–Kier alpha value is 0.860. The van der Waals surface area contributed by atoms with Gasteiger partial charge in [0.15, 0.2) is 0 Å². The highest BCUT2D eigenvalue weighted by Crippen LogP contribution is 2.38. The fourth-order valence-corrected chi connectivity index (χ4v) is 4.64. The fourth-order valence-electron chi connectivity index (χ4n) is 1.31. The molecule has 0 bridgehead atoms. The number of hydrogen-bond acceptors (Lipinski definition) is 0. The first kappa shape index (κ1) is 8.95. The van der Waals surface area contributed by atoms with Gasteiger partial charge in [-0.3, -0.25) is 0 Å². The van der Waals surface area contributed by atoms with Crippen LogP contribution in [0, 0.1) is 0 Å². The summed E-state index contributed by atoms with van der Waals surface area (Å²) in [5.41, 5.74) is 0. The molecule has 0 radical (unpaired) electrons. The van der Waals surface area contributed by atoms with Crippen molar-refractivity contribution in [2.75, 3.05) is 12.3 Å². The molecule has 0 aromatic carbocycles. The Bertz CT molecular complexity index is 40.4. The Morgan fingerprint density at radius 1 is 0.500 bits per heavy atom. The van der Waals surface area contributed by atoms with E-state index in [0.717, 1.165) is 0 Å². The van der Waals surface area contributed by atoms with E-state index in [-0.39, 0.29) is 0 Å². The Kier molecular flexibility index (Phi) is 5.88. The van der Waals surface area contributed by atoms with Crippen LogP contribution in [0.4, 0.5) is 0 Å². The van der Waals surface area contributed by atoms with Crippen LogP contribution in [0.5, 0.6) is 0 Å². The minimum absolute atomic E-state index is 1.31. The van der Waals surface area contributed by atoms with Gasteiger partial charge < -0.3 is 0 Å². The highest BCUT2D eigenvalue weighted by atomic mass is 32.0. The summed E-state index contributed by atoms with van der Waals surface area (Å²) in [6.07, 6.45) is 12.2. The van der Waals surface area contributed by atoms with E-state index in [1.165, 1.54) is 55.1 Å². The van der Waals surface area contributed by atoms with E-state index < -0.39 is 0 Å². The zero-order valence-electron chi connectivity index (χ0n) is 6.66. The summed E-state index contributed by atoms with van der Waals surface area (Å²) in [5.74, 6) is 0. The predicted octanol–water partition coefficient (Wildman–Crippen LogP) is 3.61. The molecule has 0 aromatic heterocycles. The lowest BCUT2D eigenvalue weighted by Gasteiger charge is -2.06. The predicted molar refractivity (Wildman–Crippen MR) is 54.1 cm³/mol. The van der Waals surface area contributed by atoms with Gasteiger partial charge in [-0.15, -0.1) is 0 Å². The van der Waals surface area contributed by atoms with Gasteiger partial charge in [-0.05, 0) is 25.2 Å². The average Bonchev–Trinajstić information content (AvgIpc) is 2.01. The summed E-state index contributed by atoms with van der Waals surface area (Å²) in [4.78, 5) is 0. The Balaban J connectivity index is 2.00. The van der Waals surface area contributed by atoms with Crippen LogP contribution in [-0.2, 0) is 0 Å². The van der Waals surface area contributed by atoms with Crippen molar-refractivity contribution in [3.63, 3.8) is 0 Å². The summed E-state index contributed by atoms with van der Waals surface area (Å²) < 4.78 is 0. The molecule has 60 valence electrons. The van der Waals surface area contributed by atoms with Crippen molar-refractivity contribution in [2.45, 2.75) is 38.5 Å². The van der Waals surface area contributed by atoms with Gasteiger partial charge >= 0.3 is 0 Å². The summed E-state index contributed by atoms with van der Waals surface area (Å²) in [7, 11) is 2.62. The molecule has 0 N–H and O–H groups in total. The van der Waals surface area contributed by atoms with E-state index in [1.807, 2.05) is 0 Å². The molecular formula is C8H18P2. The van der Waals surface area contributed by atoms with E-state index in [4.69, 9.17) is 0 Å². The van der Waals surface area contributed by atoms with Crippen LogP contribution in [-0.4, -0.2) is 12.3 Å². The molecule has 0 nitrogen and oxygen atoms in total. The Morgan fingerprint density at radius 2 is 0.900 bits per heavy atom. The Labute approximate surface area is 68.0 Å². The third-order valence-electron chi connectivity index (χ3n) is 1.98. The van der Waals surface area contributed by atoms with Gasteiger partial charge in [0, 0.05) is 0 Å². The summed E-state index contributed by atoms with van der Waals surface area (Å²) >= 11 is 0. The maximum absolute atomic E-state index is 1.54. The normalized spacial score (nSPS) is 28.8. The van der Waals surface area contributed by atoms with Crippen LogP contribution in [0.3, 0.4) is 0 Å². The molecule has 10 heavy (non-hydrogen) atoms. The second-order valence-corrected chi connectivity index (χ2v) is 6.80. The topological polar surface area (TPSA) is 0 Å². The lowest BCUT2D eigenvalue weighted by Crippen LogP contribution is -1.84. The molecule has 0 amide bonds. The molecule has 0 saturated carbocycles. The van der Waals surface area contributed by atoms with E-state index in [1.54, 1.807) is 12.3 Å². The largest absolute Gasteiger partial charge is 0.0992 e. The van der Waals surface area contributed by atoms with Crippen molar-refractivity contribution in [3.05, 3.63) is 0 Å². The molecule has 1 heterocycles. The molecule has 2 atom stereocenters. The quantitative estimate of drug-likeness (QED) is 0.494. The summed E-state index contributed by atoms with van der Waals surface area (Å²) in [6, 6.07) is 0. The highest BCUT2D eigenvalue weighted by Gasteiger charge is 1.95. The first-order valence-corrected chi connectivity index (χ1v) is 7.87. The maximum Gasteiger partial charge on any atom is -0.0317 e. The highest BCUT2D eigenvalue weighted by molar-refractivity contribution is 8.11. The standard InChI is InChI=1S/C8H18P2/c1-2-4-6-8-10-9-7-5-3-1/h9-10H,1-8H2. The second kappa shape index (κ2) is 6.56. The van der Waals surface area contributed by atoms with E-state index in [2.05, 4.69) is 0 Å². The van der Waals surface area contributed by atoms with Crippen LogP contribution in [0.25, 0.3) is 0 Å². The number of rotatable bonds is 0. The van der Waals surface area contributed by atoms with Crippen LogP contribution in [0.2, 0.25) is 0 Å². The molecule has 1 saturated heterocycles. The van der Waals surface area contributed by atoms with Gasteiger partial charge in [-0.1, -0.05) is 42.2 Å². The van der Waals surface area contributed by atoms with Gasteiger partial charge in [0.1, 0.15) is 0 Å². The van der Waals surface area contributed by atoms with Gasteiger partial charge in [-0.25, -0.2) is 0 Å². The molecule has 1 aliphatic rings. The molecule has 1 fully saturated rings. The minimum Gasteiger partial charge on any atom is -0.0992 e. The number of hydrogen-bond donors (Lipinski definition) is 0. The molecule has 0 aromatic rings. The zero-order chi connectivity index (χ0) is 7.07. The lowest BCUT2D eigenvalue weighted by molar-refractivity contribution is 0.628. The fraction of sp³-hybridized carbons (Fsp3) is 1.00. The van der Waals surface area contributed by atoms with Crippen LogP contribution < -0.4 is 0 Å². The van der Waals surface area contributed by atoms with Gasteiger partial charge in [0.05, 0.1) is 0 Å². The molecule has 0 spiro atoms. The SMILES string of the molecule is C1CCCCPPCCC1. The molecular weight excluding hydrogens is 158 g/mol. The van der Waals surface area contributed by atoms with Crippen molar-refractivity contribution in [2.24, 2.45) is 0 Å². The summed E-state index contributed by atoms with van der Waals surface area (Å²) in [6.45, 7) is 0. The minimum atomic E-state index is 1.31. The molecule has 0 aliphatic carbocycles. The van der Waals surface area contributed by atoms with Crippen LogP contribution in [0.15, 0.2) is 0 Å². The van der Waals surface area contributed by atoms with Crippen molar-refractivity contribution in [1.82, 2.24) is 0 Å². The Morgan fingerprint density at radius 3 is 1.40 bits per heavy atom. The van der Waals surface area contributed by atoms with E-state index in [9.17, 15) is 0 Å². The lowest BCUT2D eigenvalue weighted by atomic mass is 10.1. The van der Waals surface area contributed by atoms with Gasteiger partial charge in [0.25, 0.3) is 0 Å². The van der Waals surface area contributed by atoms with Gasteiger partial charge in [0.2, 0.25) is 0 Å². The van der Waals surface area contributed by atoms with Crippen LogP contribution >= 0.6 is 16.5 Å². The first-order chi connectivity index (χ1) is 5.00. The van der Waals surface area contributed by atoms with E-state index >= 15 is 0 Å². The first-order valence-electron chi connectivity index (χ1n) is 4.46. The third kappa shape index (κ3) is 4.64. The van der Waals surface area contributed by atoms with Crippen molar-refractivity contribution in [3.8, 4) is 0 Å². The van der Waals surface area contributed by atoms with E-state index in [0.29, 0.717) is 0 Å². The average molecular weight is 176 g/mol. The monoisotopic (exact) mass is 176 g/mol. The van der Waals surface area contributed by atoms with Gasteiger partial charge in [-0.2, -0.15) is 0 Å². The maximum atomic E-state index is 1.54. The van der Waals surface area contributed by atoms with Crippen LogP contribution in [0.1, 0.15) is 38.5 Å². The molecule has 1 aliphatic heterocycles. The third-order valence-corrected chi connectivity index (χ3v) is 5.69. The smallest absolute Gasteiger partial charge is 0.0317 e. The second-order valence-electron chi connectivity index (χ2n) is 2.97. The summed E-state index contributed by atoms with van der Waals surface area (Å²) in [5, 5.41) is 0.